The molecule has 6 nitrogen and oxygen atoms in total. The molecule has 0 spiro atoms. The van der Waals surface area contributed by atoms with Gasteiger partial charge < -0.3 is 19.8 Å². The maximum atomic E-state index is 12.4. The van der Waals surface area contributed by atoms with Crippen molar-refractivity contribution in [1.82, 2.24) is 5.32 Å². The SMILES string of the molecule is O=Cc1cc(C(=O)NC2CCCc3occc32)ccc1B(O)O. The van der Waals surface area contributed by atoms with E-state index >= 15 is 0 Å². The summed E-state index contributed by atoms with van der Waals surface area (Å²) in [6.45, 7) is 0. The smallest absolute Gasteiger partial charge is 0.469 e. The van der Waals surface area contributed by atoms with Crippen LogP contribution < -0.4 is 10.8 Å². The standard InChI is InChI=1S/C16H16BNO5/c19-9-11-8-10(4-5-13(11)17(21)22)16(20)18-14-2-1-3-15-12(14)6-7-23-15/h4-9,14,21-22H,1-3H2,(H,18,20). The number of amides is 1. The van der Waals surface area contributed by atoms with Crippen LogP contribution in [-0.4, -0.2) is 29.4 Å². The highest BCUT2D eigenvalue weighted by Crippen LogP contribution is 2.30. The molecule has 0 radical (unpaired) electrons. The third-order valence-electron chi connectivity index (χ3n) is 4.11. The second kappa shape index (κ2) is 6.40. The van der Waals surface area contributed by atoms with Crippen LogP contribution in [0.2, 0.25) is 0 Å². The van der Waals surface area contributed by atoms with Crippen LogP contribution >= 0.6 is 0 Å². The molecule has 3 rings (SSSR count). The fraction of sp³-hybridized carbons (Fsp3) is 0.250. The summed E-state index contributed by atoms with van der Waals surface area (Å²) in [5.41, 5.74) is 1.45. The second-order valence-electron chi connectivity index (χ2n) is 5.55. The predicted octanol–water partition coefficient (Wildman–Crippen LogP) is 0.579. The molecule has 0 saturated heterocycles. The third kappa shape index (κ3) is 3.06. The molecule has 1 atom stereocenters. The van der Waals surface area contributed by atoms with Crippen molar-refractivity contribution in [2.75, 3.05) is 0 Å². The van der Waals surface area contributed by atoms with Gasteiger partial charge in [-0.1, -0.05) is 6.07 Å². The molecular formula is C16H16BNO5. The molecule has 23 heavy (non-hydrogen) atoms. The molecule has 7 heteroatoms. The quantitative estimate of drug-likeness (QED) is 0.566. The molecular weight excluding hydrogens is 297 g/mol. The Morgan fingerprint density at radius 1 is 1.35 bits per heavy atom. The number of aldehydes is 1. The van der Waals surface area contributed by atoms with E-state index in [9.17, 15) is 19.6 Å². The van der Waals surface area contributed by atoms with Gasteiger partial charge in [-0.3, -0.25) is 9.59 Å². The van der Waals surface area contributed by atoms with Crippen molar-refractivity contribution in [2.45, 2.75) is 25.3 Å². The van der Waals surface area contributed by atoms with E-state index < -0.39 is 7.12 Å². The van der Waals surface area contributed by atoms with Gasteiger partial charge in [0.1, 0.15) is 12.0 Å². The molecule has 0 bridgehead atoms. The molecule has 2 aromatic rings. The van der Waals surface area contributed by atoms with Crippen LogP contribution in [0.25, 0.3) is 0 Å². The highest BCUT2D eigenvalue weighted by molar-refractivity contribution is 6.60. The lowest BCUT2D eigenvalue weighted by atomic mass is 9.77. The van der Waals surface area contributed by atoms with Crippen molar-refractivity contribution in [2.24, 2.45) is 0 Å². The first-order valence-corrected chi connectivity index (χ1v) is 7.42. The Kier molecular flexibility index (Phi) is 4.32. The van der Waals surface area contributed by atoms with Crippen molar-refractivity contribution in [3.05, 3.63) is 53.0 Å². The molecule has 1 aliphatic rings. The Bertz CT molecular complexity index is 740. The third-order valence-corrected chi connectivity index (χ3v) is 4.11. The van der Waals surface area contributed by atoms with Crippen LogP contribution in [0.4, 0.5) is 0 Å². The molecule has 1 unspecified atom stereocenters. The van der Waals surface area contributed by atoms with E-state index in [1.54, 1.807) is 6.26 Å². The van der Waals surface area contributed by atoms with E-state index in [2.05, 4.69) is 5.32 Å². The molecule has 1 aromatic carbocycles. The predicted molar refractivity (Wildman–Crippen MR) is 83.5 cm³/mol. The Labute approximate surface area is 133 Å². The normalized spacial score (nSPS) is 16.5. The minimum absolute atomic E-state index is 0.0753. The van der Waals surface area contributed by atoms with Gasteiger partial charge in [0.2, 0.25) is 0 Å². The van der Waals surface area contributed by atoms with Crippen LogP contribution in [0.15, 0.2) is 34.9 Å². The second-order valence-corrected chi connectivity index (χ2v) is 5.55. The first-order valence-electron chi connectivity index (χ1n) is 7.42. The van der Waals surface area contributed by atoms with Gasteiger partial charge in [-0.2, -0.15) is 0 Å². The van der Waals surface area contributed by atoms with Crippen LogP contribution in [0.1, 0.15) is 50.9 Å². The van der Waals surface area contributed by atoms with Crippen molar-refractivity contribution in [3.8, 4) is 0 Å². The Morgan fingerprint density at radius 2 is 2.17 bits per heavy atom. The van der Waals surface area contributed by atoms with E-state index in [0.717, 1.165) is 30.6 Å². The zero-order valence-corrected chi connectivity index (χ0v) is 12.4. The molecule has 1 aromatic heterocycles. The summed E-state index contributed by atoms with van der Waals surface area (Å²) in [6, 6.07) is 5.94. The van der Waals surface area contributed by atoms with Crippen molar-refractivity contribution in [1.29, 1.82) is 0 Å². The number of rotatable bonds is 4. The molecule has 1 amide bonds. The summed E-state index contributed by atoms with van der Waals surface area (Å²) in [4.78, 5) is 23.5. The van der Waals surface area contributed by atoms with Crippen LogP contribution in [0, 0.1) is 0 Å². The van der Waals surface area contributed by atoms with Gasteiger partial charge in [-0.25, -0.2) is 0 Å². The maximum Gasteiger partial charge on any atom is 0.489 e. The summed E-state index contributed by atoms with van der Waals surface area (Å²) in [6.07, 6.45) is 4.75. The average molecular weight is 313 g/mol. The molecule has 0 fully saturated rings. The topological polar surface area (TPSA) is 99.8 Å². The molecule has 0 saturated carbocycles. The monoisotopic (exact) mass is 313 g/mol. The van der Waals surface area contributed by atoms with Gasteiger partial charge in [-0.15, -0.1) is 0 Å². The number of fused-ring (bicyclic) bond motifs is 1. The number of aryl methyl sites for hydroxylation is 1. The summed E-state index contributed by atoms with van der Waals surface area (Å²) < 4.78 is 5.40. The molecule has 0 aliphatic heterocycles. The van der Waals surface area contributed by atoms with E-state index in [0.29, 0.717) is 11.8 Å². The highest BCUT2D eigenvalue weighted by Gasteiger charge is 2.25. The zero-order chi connectivity index (χ0) is 16.4. The minimum Gasteiger partial charge on any atom is -0.469 e. The Balaban J connectivity index is 1.81. The van der Waals surface area contributed by atoms with Crippen LogP contribution in [-0.2, 0) is 6.42 Å². The van der Waals surface area contributed by atoms with Gasteiger partial charge in [0.05, 0.1) is 12.3 Å². The largest absolute Gasteiger partial charge is 0.489 e. The van der Waals surface area contributed by atoms with E-state index in [1.807, 2.05) is 6.07 Å². The molecule has 1 heterocycles. The fourth-order valence-corrected chi connectivity index (χ4v) is 2.93. The van der Waals surface area contributed by atoms with Gasteiger partial charge in [0.15, 0.2) is 0 Å². The van der Waals surface area contributed by atoms with Gasteiger partial charge >= 0.3 is 7.12 Å². The summed E-state index contributed by atoms with van der Waals surface area (Å²) >= 11 is 0. The number of furan rings is 1. The van der Waals surface area contributed by atoms with Gasteiger partial charge in [-0.05, 0) is 36.5 Å². The molecule has 3 N–H and O–H groups in total. The molecule has 1 aliphatic carbocycles. The maximum absolute atomic E-state index is 12.4. The lowest BCUT2D eigenvalue weighted by molar-refractivity contribution is 0.0932. The van der Waals surface area contributed by atoms with Crippen LogP contribution in [0.3, 0.4) is 0 Å². The fourth-order valence-electron chi connectivity index (χ4n) is 2.93. The lowest BCUT2D eigenvalue weighted by Crippen LogP contribution is -2.34. The van der Waals surface area contributed by atoms with E-state index in [4.69, 9.17) is 4.42 Å². The van der Waals surface area contributed by atoms with Crippen LogP contribution in [0.5, 0.6) is 0 Å². The van der Waals surface area contributed by atoms with E-state index in [1.165, 1.54) is 18.2 Å². The van der Waals surface area contributed by atoms with E-state index in [-0.39, 0.29) is 23.0 Å². The summed E-state index contributed by atoms with van der Waals surface area (Å²) in [7, 11) is -1.75. The number of carbonyl (C=O) groups excluding carboxylic acids is 2. The number of carbonyl (C=O) groups is 2. The van der Waals surface area contributed by atoms with Crippen molar-refractivity contribution >= 4 is 24.8 Å². The number of hydrogen-bond acceptors (Lipinski definition) is 5. The van der Waals surface area contributed by atoms with Crippen molar-refractivity contribution in [3.63, 3.8) is 0 Å². The van der Waals surface area contributed by atoms with Crippen molar-refractivity contribution < 1.29 is 24.1 Å². The summed E-state index contributed by atoms with van der Waals surface area (Å²) in [5.74, 6) is 0.583. The lowest BCUT2D eigenvalue weighted by Gasteiger charge is -2.22. The Morgan fingerprint density at radius 3 is 2.91 bits per heavy atom. The zero-order valence-electron chi connectivity index (χ0n) is 12.4. The summed E-state index contributed by atoms with van der Waals surface area (Å²) in [5, 5.41) is 21.3. The first kappa shape index (κ1) is 15.5. The van der Waals surface area contributed by atoms with Gasteiger partial charge in [0.25, 0.3) is 5.91 Å². The number of hydrogen-bond donors (Lipinski definition) is 3. The first-order chi connectivity index (χ1) is 11.1. The Hall–Kier alpha value is -2.38. The number of benzene rings is 1. The molecule has 118 valence electrons. The highest BCUT2D eigenvalue weighted by atomic mass is 16.4. The number of nitrogens with one attached hydrogen (secondary N) is 1. The van der Waals surface area contributed by atoms with Gasteiger partial charge in [0, 0.05) is 23.1 Å². The average Bonchev–Trinajstić information content (AvgIpc) is 3.03. The minimum atomic E-state index is -1.75.